The molecule has 96 valence electrons. The van der Waals surface area contributed by atoms with E-state index < -0.39 is 0 Å². The minimum absolute atomic E-state index is 0.548. The summed E-state index contributed by atoms with van der Waals surface area (Å²) in [4.78, 5) is 4.08. The summed E-state index contributed by atoms with van der Waals surface area (Å²) in [5.41, 5.74) is 5.67. The highest BCUT2D eigenvalue weighted by atomic mass is 79.9. The van der Waals surface area contributed by atoms with Gasteiger partial charge in [-0.1, -0.05) is 0 Å². The minimum atomic E-state index is 0.548. The molecule has 2 heterocycles. The van der Waals surface area contributed by atoms with Crippen molar-refractivity contribution in [1.82, 2.24) is 4.90 Å². The summed E-state index contributed by atoms with van der Waals surface area (Å²) in [5.74, 6) is 0.805. The van der Waals surface area contributed by atoms with E-state index in [1.807, 2.05) is 11.3 Å². The molecule has 2 atom stereocenters. The van der Waals surface area contributed by atoms with Gasteiger partial charge in [-0.15, -0.1) is 11.3 Å². The Morgan fingerprint density at radius 1 is 1.65 bits per heavy atom. The first kappa shape index (κ1) is 13.5. The summed E-state index contributed by atoms with van der Waals surface area (Å²) >= 11 is 5.39. The van der Waals surface area contributed by atoms with Crippen molar-refractivity contribution in [3.8, 4) is 0 Å². The van der Waals surface area contributed by atoms with Gasteiger partial charge in [0.2, 0.25) is 0 Å². The van der Waals surface area contributed by atoms with Crippen LogP contribution in [0.5, 0.6) is 0 Å². The number of piperidine rings is 1. The van der Waals surface area contributed by atoms with Crippen molar-refractivity contribution in [1.29, 1.82) is 0 Å². The molecule has 2 N–H and O–H groups in total. The topological polar surface area (TPSA) is 29.3 Å². The zero-order chi connectivity index (χ0) is 12.3. The molecule has 1 aromatic rings. The van der Waals surface area contributed by atoms with E-state index in [9.17, 15) is 0 Å². The fraction of sp³-hybridized carbons (Fsp3) is 0.692. The lowest BCUT2D eigenvalue weighted by atomic mass is 9.94. The number of halogens is 1. The van der Waals surface area contributed by atoms with Crippen LogP contribution in [0, 0.1) is 5.92 Å². The first-order valence-electron chi connectivity index (χ1n) is 6.38. The van der Waals surface area contributed by atoms with Gasteiger partial charge in [0.05, 0.1) is 0 Å². The van der Waals surface area contributed by atoms with Crippen molar-refractivity contribution in [3.05, 3.63) is 20.8 Å². The number of likely N-dealkylation sites (tertiary alicyclic amines) is 1. The molecule has 1 aliphatic heterocycles. The van der Waals surface area contributed by atoms with Crippen LogP contribution in [0.1, 0.15) is 37.1 Å². The van der Waals surface area contributed by atoms with Crippen molar-refractivity contribution in [2.45, 2.75) is 32.2 Å². The third-order valence-corrected chi connectivity index (χ3v) is 5.54. The Labute approximate surface area is 116 Å². The van der Waals surface area contributed by atoms with E-state index in [0.29, 0.717) is 6.04 Å². The Morgan fingerprint density at radius 3 is 3.12 bits per heavy atom. The molecule has 4 heteroatoms. The van der Waals surface area contributed by atoms with Crippen LogP contribution in [0.3, 0.4) is 0 Å². The molecule has 17 heavy (non-hydrogen) atoms. The molecule has 1 aliphatic rings. The second-order valence-corrected chi connectivity index (χ2v) is 6.78. The summed E-state index contributed by atoms with van der Waals surface area (Å²) in [6.45, 7) is 5.60. The fourth-order valence-electron chi connectivity index (χ4n) is 2.65. The number of rotatable bonds is 4. The molecule has 2 unspecified atom stereocenters. The van der Waals surface area contributed by atoms with Gasteiger partial charge in [0.25, 0.3) is 0 Å². The van der Waals surface area contributed by atoms with E-state index in [4.69, 9.17) is 5.73 Å². The van der Waals surface area contributed by atoms with Crippen LogP contribution in [-0.4, -0.2) is 24.5 Å². The smallest absolute Gasteiger partial charge is 0.0413 e. The quantitative estimate of drug-likeness (QED) is 0.919. The highest BCUT2D eigenvalue weighted by molar-refractivity contribution is 9.10. The normalized spacial score (nSPS) is 23.8. The summed E-state index contributed by atoms with van der Waals surface area (Å²) in [5, 5.41) is 2.17. The minimum Gasteiger partial charge on any atom is -0.330 e. The molecule has 0 saturated carbocycles. The molecule has 0 bridgehead atoms. The number of thiophene rings is 1. The van der Waals surface area contributed by atoms with Gasteiger partial charge in [0, 0.05) is 27.3 Å². The highest BCUT2D eigenvalue weighted by Gasteiger charge is 2.24. The van der Waals surface area contributed by atoms with E-state index in [0.717, 1.165) is 12.5 Å². The molecule has 0 radical (unpaired) electrons. The maximum Gasteiger partial charge on any atom is 0.0413 e. The molecule has 2 rings (SSSR count). The Kier molecular flexibility index (Phi) is 5.03. The molecule has 0 aliphatic carbocycles. The van der Waals surface area contributed by atoms with Crippen molar-refractivity contribution < 1.29 is 0 Å². The third kappa shape index (κ3) is 3.53. The van der Waals surface area contributed by atoms with Gasteiger partial charge < -0.3 is 5.73 Å². The SMILES string of the molecule is CC(c1cc(Br)cs1)N1CCCC(CCN)C1. The highest BCUT2D eigenvalue weighted by Crippen LogP contribution is 2.32. The first-order chi connectivity index (χ1) is 8.20. The van der Waals surface area contributed by atoms with Gasteiger partial charge in [-0.2, -0.15) is 0 Å². The molecule has 0 spiro atoms. The summed E-state index contributed by atoms with van der Waals surface area (Å²) in [7, 11) is 0. The zero-order valence-corrected chi connectivity index (χ0v) is 12.8. The third-order valence-electron chi connectivity index (χ3n) is 3.67. The standard InChI is InChI=1S/C13H21BrN2S/c1-10(13-7-12(14)9-17-13)16-6-2-3-11(8-16)4-5-15/h7,9-11H,2-6,8,15H2,1H3. The maximum atomic E-state index is 5.67. The van der Waals surface area contributed by atoms with Crippen molar-refractivity contribution in [2.75, 3.05) is 19.6 Å². The van der Waals surface area contributed by atoms with Crippen LogP contribution < -0.4 is 5.73 Å². The lowest BCUT2D eigenvalue weighted by Gasteiger charge is -2.36. The number of nitrogens with zero attached hydrogens (tertiary/aromatic N) is 1. The van der Waals surface area contributed by atoms with Crippen LogP contribution in [0.15, 0.2) is 15.9 Å². The van der Waals surface area contributed by atoms with Gasteiger partial charge in [0.15, 0.2) is 0 Å². The summed E-state index contributed by atoms with van der Waals surface area (Å²) < 4.78 is 1.21. The Hall–Kier alpha value is 0.1000. The fourth-order valence-corrected chi connectivity index (χ4v) is 4.18. The molecule has 1 saturated heterocycles. The number of nitrogens with two attached hydrogens (primary N) is 1. The van der Waals surface area contributed by atoms with E-state index >= 15 is 0 Å². The predicted molar refractivity (Wildman–Crippen MR) is 78.4 cm³/mol. The molecule has 1 aromatic heterocycles. The van der Waals surface area contributed by atoms with E-state index in [1.54, 1.807) is 0 Å². The van der Waals surface area contributed by atoms with Gasteiger partial charge >= 0.3 is 0 Å². The van der Waals surface area contributed by atoms with Gasteiger partial charge in [0.1, 0.15) is 0 Å². The maximum absolute atomic E-state index is 5.67. The van der Waals surface area contributed by atoms with Crippen molar-refractivity contribution in [2.24, 2.45) is 11.7 Å². The molecular formula is C13H21BrN2S. The lowest BCUT2D eigenvalue weighted by Crippen LogP contribution is -2.37. The Morgan fingerprint density at radius 2 is 2.47 bits per heavy atom. The van der Waals surface area contributed by atoms with Crippen LogP contribution in [-0.2, 0) is 0 Å². The lowest BCUT2D eigenvalue weighted by molar-refractivity contribution is 0.130. The Bertz CT molecular complexity index is 351. The van der Waals surface area contributed by atoms with Crippen LogP contribution >= 0.6 is 27.3 Å². The number of hydrogen-bond donors (Lipinski definition) is 1. The molecule has 0 amide bonds. The van der Waals surface area contributed by atoms with Crippen molar-refractivity contribution >= 4 is 27.3 Å². The number of hydrogen-bond acceptors (Lipinski definition) is 3. The Balaban J connectivity index is 1.97. The van der Waals surface area contributed by atoms with E-state index in [2.05, 4.69) is 39.2 Å². The molecular weight excluding hydrogens is 296 g/mol. The monoisotopic (exact) mass is 316 g/mol. The molecule has 1 fully saturated rings. The zero-order valence-electron chi connectivity index (χ0n) is 10.4. The van der Waals surface area contributed by atoms with Crippen LogP contribution in [0.25, 0.3) is 0 Å². The van der Waals surface area contributed by atoms with Crippen LogP contribution in [0.4, 0.5) is 0 Å². The summed E-state index contributed by atoms with van der Waals surface area (Å²) in [6, 6.07) is 2.80. The predicted octanol–water partition coefficient (Wildman–Crippen LogP) is 3.63. The summed E-state index contributed by atoms with van der Waals surface area (Å²) in [6.07, 6.45) is 3.85. The first-order valence-corrected chi connectivity index (χ1v) is 8.06. The van der Waals surface area contributed by atoms with E-state index in [1.165, 1.54) is 41.7 Å². The van der Waals surface area contributed by atoms with E-state index in [-0.39, 0.29) is 0 Å². The molecule has 0 aromatic carbocycles. The van der Waals surface area contributed by atoms with Crippen molar-refractivity contribution in [3.63, 3.8) is 0 Å². The molecule has 2 nitrogen and oxygen atoms in total. The largest absolute Gasteiger partial charge is 0.330 e. The van der Waals surface area contributed by atoms with Gasteiger partial charge in [-0.25, -0.2) is 0 Å². The van der Waals surface area contributed by atoms with Gasteiger partial charge in [-0.05, 0) is 67.2 Å². The van der Waals surface area contributed by atoms with Crippen LogP contribution in [0.2, 0.25) is 0 Å². The second-order valence-electron chi connectivity index (χ2n) is 4.92. The average Bonchev–Trinajstić information content (AvgIpc) is 2.76. The second kappa shape index (κ2) is 6.32. The average molecular weight is 317 g/mol. The van der Waals surface area contributed by atoms with Gasteiger partial charge in [-0.3, -0.25) is 4.90 Å².